The smallest absolute Gasteiger partial charge is 0.311 e. The van der Waals surface area contributed by atoms with E-state index in [0.29, 0.717) is 5.56 Å². The molecule has 1 fully saturated rings. The summed E-state index contributed by atoms with van der Waals surface area (Å²) in [5, 5.41) is 28.2. The quantitative estimate of drug-likeness (QED) is 0.721. The van der Waals surface area contributed by atoms with E-state index in [2.05, 4.69) is 0 Å². The molecule has 3 N–H and O–H groups in total. The predicted octanol–water partition coefficient (Wildman–Crippen LogP) is 2.85. The first-order valence-corrected chi connectivity index (χ1v) is 6.34. The molecule has 4 heteroatoms. The van der Waals surface area contributed by atoms with Gasteiger partial charge in [-0.05, 0) is 36.5 Å². The van der Waals surface area contributed by atoms with Crippen LogP contribution in [-0.4, -0.2) is 21.3 Å². The van der Waals surface area contributed by atoms with E-state index in [1.54, 1.807) is 6.07 Å². The Bertz CT molecular complexity index is 435. The van der Waals surface area contributed by atoms with Crippen molar-refractivity contribution in [2.24, 2.45) is 5.92 Å². The molecule has 18 heavy (non-hydrogen) atoms. The van der Waals surface area contributed by atoms with E-state index >= 15 is 0 Å². The van der Waals surface area contributed by atoms with E-state index in [1.807, 2.05) is 0 Å². The third-order valence-corrected chi connectivity index (χ3v) is 3.75. The average molecular weight is 250 g/mol. The summed E-state index contributed by atoms with van der Waals surface area (Å²) in [6.45, 7) is 0. The molecule has 1 aromatic carbocycles. The van der Waals surface area contributed by atoms with Gasteiger partial charge in [0, 0.05) is 0 Å². The second-order valence-electron chi connectivity index (χ2n) is 4.96. The molecule has 0 aliphatic heterocycles. The van der Waals surface area contributed by atoms with Crippen molar-refractivity contribution in [2.45, 2.75) is 38.0 Å². The van der Waals surface area contributed by atoms with E-state index in [1.165, 1.54) is 18.6 Å². The Balaban J connectivity index is 2.28. The van der Waals surface area contributed by atoms with Gasteiger partial charge in [-0.15, -0.1) is 0 Å². The molecular weight excluding hydrogens is 232 g/mol. The molecule has 0 spiro atoms. The van der Waals surface area contributed by atoms with Gasteiger partial charge in [-0.1, -0.05) is 25.3 Å². The fourth-order valence-electron chi connectivity index (χ4n) is 2.82. The van der Waals surface area contributed by atoms with Crippen molar-refractivity contribution in [3.05, 3.63) is 23.8 Å². The highest BCUT2D eigenvalue weighted by molar-refractivity contribution is 5.77. The highest BCUT2D eigenvalue weighted by atomic mass is 16.4. The number of carboxylic acids is 1. The van der Waals surface area contributed by atoms with Gasteiger partial charge in [-0.25, -0.2) is 0 Å². The number of benzene rings is 1. The lowest BCUT2D eigenvalue weighted by atomic mass is 9.77. The van der Waals surface area contributed by atoms with E-state index in [-0.39, 0.29) is 17.4 Å². The molecule has 0 heterocycles. The minimum absolute atomic E-state index is 0.125. The maximum Gasteiger partial charge on any atom is 0.311 e. The topological polar surface area (TPSA) is 77.8 Å². The van der Waals surface area contributed by atoms with Gasteiger partial charge in [0.1, 0.15) is 0 Å². The lowest BCUT2D eigenvalue weighted by Crippen LogP contribution is -2.23. The number of carbonyl (C=O) groups is 1. The predicted molar refractivity (Wildman–Crippen MR) is 66.7 cm³/mol. The van der Waals surface area contributed by atoms with Gasteiger partial charge < -0.3 is 15.3 Å². The van der Waals surface area contributed by atoms with Gasteiger partial charge in [0.05, 0.1) is 5.92 Å². The highest BCUT2D eigenvalue weighted by Crippen LogP contribution is 2.38. The van der Waals surface area contributed by atoms with Crippen molar-refractivity contribution in [3.8, 4) is 11.5 Å². The second kappa shape index (κ2) is 5.29. The summed E-state index contributed by atoms with van der Waals surface area (Å²) < 4.78 is 0. The zero-order valence-corrected chi connectivity index (χ0v) is 10.2. The molecule has 98 valence electrons. The minimum Gasteiger partial charge on any atom is -0.504 e. The standard InChI is InChI=1S/C14H18O4/c15-11-7-6-10(8-12(11)16)13(14(17)18)9-4-2-1-3-5-9/h6-9,13,15-16H,1-5H2,(H,17,18). The third-order valence-electron chi connectivity index (χ3n) is 3.75. The second-order valence-corrected chi connectivity index (χ2v) is 4.96. The summed E-state index contributed by atoms with van der Waals surface area (Å²) >= 11 is 0. The zero-order chi connectivity index (χ0) is 13.1. The lowest BCUT2D eigenvalue weighted by molar-refractivity contribution is -0.140. The molecule has 1 atom stereocenters. The fourth-order valence-corrected chi connectivity index (χ4v) is 2.82. The van der Waals surface area contributed by atoms with Crippen LogP contribution in [-0.2, 0) is 4.79 Å². The number of carboxylic acid groups (broad SMARTS) is 1. The minimum atomic E-state index is -0.855. The first-order chi connectivity index (χ1) is 8.59. The van der Waals surface area contributed by atoms with Crippen molar-refractivity contribution in [1.29, 1.82) is 0 Å². The molecule has 0 bridgehead atoms. The maximum atomic E-state index is 11.5. The summed E-state index contributed by atoms with van der Waals surface area (Å²) in [5.41, 5.74) is 0.574. The van der Waals surface area contributed by atoms with Crippen LogP contribution in [0.4, 0.5) is 0 Å². The van der Waals surface area contributed by atoms with Crippen molar-refractivity contribution in [2.75, 3.05) is 0 Å². The van der Waals surface area contributed by atoms with E-state index in [4.69, 9.17) is 0 Å². The molecule has 1 aromatic rings. The largest absolute Gasteiger partial charge is 0.504 e. The summed E-state index contributed by atoms with van der Waals surface area (Å²) in [6.07, 6.45) is 5.14. The zero-order valence-electron chi connectivity index (χ0n) is 10.2. The van der Waals surface area contributed by atoms with E-state index in [0.717, 1.165) is 25.7 Å². The first kappa shape index (κ1) is 12.7. The van der Waals surface area contributed by atoms with Crippen LogP contribution in [0.1, 0.15) is 43.6 Å². The van der Waals surface area contributed by atoms with Gasteiger partial charge in [0.15, 0.2) is 11.5 Å². The van der Waals surface area contributed by atoms with Crippen molar-refractivity contribution >= 4 is 5.97 Å². The van der Waals surface area contributed by atoms with E-state index in [9.17, 15) is 20.1 Å². The molecule has 1 aliphatic carbocycles. The molecule has 2 rings (SSSR count). The fraction of sp³-hybridized carbons (Fsp3) is 0.500. The number of aliphatic carboxylic acids is 1. The molecule has 1 saturated carbocycles. The molecule has 0 radical (unpaired) electrons. The van der Waals surface area contributed by atoms with Crippen LogP contribution in [0, 0.1) is 5.92 Å². The number of phenols is 2. The van der Waals surface area contributed by atoms with Crippen molar-refractivity contribution in [3.63, 3.8) is 0 Å². The third kappa shape index (κ3) is 2.58. The van der Waals surface area contributed by atoms with Crippen LogP contribution >= 0.6 is 0 Å². The van der Waals surface area contributed by atoms with Gasteiger partial charge in [-0.3, -0.25) is 4.79 Å². The Kier molecular flexibility index (Phi) is 3.75. The van der Waals surface area contributed by atoms with Gasteiger partial charge in [0.25, 0.3) is 0 Å². The Labute approximate surface area is 106 Å². The lowest BCUT2D eigenvalue weighted by Gasteiger charge is -2.27. The van der Waals surface area contributed by atoms with Crippen molar-refractivity contribution in [1.82, 2.24) is 0 Å². The molecule has 0 amide bonds. The summed E-state index contributed by atoms with van der Waals surface area (Å²) in [4.78, 5) is 11.5. The normalized spacial score (nSPS) is 18.4. The van der Waals surface area contributed by atoms with Crippen LogP contribution in [0.2, 0.25) is 0 Å². The van der Waals surface area contributed by atoms with Crippen LogP contribution in [0.25, 0.3) is 0 Å². The van der Waals surface area contributed by atoms with Gasteiger partial charge in [0.2, 0.25) is 0 Å². The maximum absolute atomic E-state index is 11.5. The number of rotatable bonds is 3. The number of hydrogen-bond acceptors (Lipinski definition) is 3. The molecule has 1 aliphatic rings. The highest BCUT2D eigenvalue weighted by Gasteiger charge is 2.31. The van der Waals surface area contributed by atoms with Gasteiger partial charge in [-0.2, -0.15) is 0 Å². The number of hydrogen-bond donors (Lipinski definition) is 3. The monoisotopic (exact) mass is 250 g/mol. The molecule has 0 aromatic heterocycles. The summed E-state index contributed by atoms with van der Waals surface area (Å²) in [7, 11) is 0. The van der Waals surface area contributed by atoms with Crippen LogP contribution < -0.4 is 0 Å². The molecular formula is C14H18O4. The first-order valence-electron chi connectivity index (χ1n) is 6.34. The molecule has 1 unspecified atom stereocenters. The SMILES string of the molecule is O=C(O)C(c1ccc(O)c(O)c1)C1CCCCC1. The summed E-state index contributed by atoms with van der Waals surface area (Å²) in [5.74, 6) is -1.79. The van der Waals surface area contributed by atoms with Gasteiger partial charge >= 0.3 is 5.97 Å². The Morgan fingerprint density at radius 2 is 1.78 bits per heavy atom. The van der Waals surface area contributed by atoms with Crippen molar-refractivity contribution < 1.29 is 20.1 Å². The number of aromatic hydroxyl groups is 2. The Hall–Kier alpha value is -1.71. The van der Waals surface area contributed by atoms with Crippen LogP contribution in [0.5, 0.6) is 11.5 Å². The Morgan fingerprint density at radius 1 is 1.11 bits per heavy atom. The molecule has 0 saturated heterocycles. The summed E-state index contributed by atoms with van der Waals surface area (Å²) in [6, 6.07) is 4.30. The average Bonchev–Trinajstić information content (AvgIpc) is 2.35. The number of phenolic OH excluding ortho intramolecular Hbond substituents is 2. The Morgan fingerprint density at radius 3 is 2.33 bits per heavy atom. The van der Waals surface area contributed by atoms with E-state index < -0.39 is 11.9 Å². The van der Waals surface area contributed by atoms with Crippen LogP contribution in [0.3, 0.4) is 0 Å². The molecule has 4 nitrogen and oxygen atoms in total. The van der Waals surface area contributed by atoms with Crippen LogP contribution in [0.15, 0.2) is 18.2 Å².